The number of sulfonamides is 1. The van der Waals surface area contributed by atoms with Crippen molar-refractivity contribution in [3.8, 4) is 0 Å². The molecule has 0 fully saturated rings. The van der Waals surface area contributed by atoms with E-state index in [0.717, 1.165) is 0 Å². The summed E-state index contributed by atoms with van der Waals surface area (Å²) in [6.07, 6.45) is -7.63. The normalized spacial score (nSPS) is 14.4. The van der Waals surface area contributed by atoms with Crippen molar-refractivity contribution in [2.45, 2.75) is 24.1 Å². The number of aliphatic hydroxyl groups excluding tert-OH is 1. The zero-order chi connectivity index (χ0) is 14.8. The maximum Gasteiger partial charge on any atom is 0.415 e. The fourth-order valence-electron chi connectivity index (χ4n) is 1.30. The Balaban J connectivity index is 2.88. The van der Waals surface area contributed by atoms with Crippen LogP contribution in [0.1, 0.15) is 5.56 Å². The summed E-state index contributed by atoms with van der Waals surface area (Å²) in [7, 11) is -4.13. The lowest BCUT2D eigenvalue weighted by Gasteiger charge is -2.15. The Bertz CT molecular complexity index is 560. The van der Waals surface area contributed by atoms with Crippen molar-refractivity contribution in [1.82, 2.24) is 4.72 Å². The molecule has 0 saturated carbocycles. The summed E-state index contributed by atoms with van der Waals surface area (Å²) in [5.74, 6) is 0. The van der Waals surface area contributed by atoms with Crippen molar-refractivity contribution < 1.29 is 26.7 Å². The summed E-state index contributed by atoms with van der Waals surface area (Å²) in [6.45, 7) is 0.314. The Morgan fingerprint density at radius 3 is 2.47 bits per heavy atom. The molecular formula is C10H11ClF3NO3S. The highest BCUT2D eigenvalue weighted by Gasteiger charge is 2.38. The lowest BCUT2D eigenvalue weighted by molar-refractivity contribution is -0.200. The van der Waals surface area contributed by atoms with E-state index in [9.17, 15) is 21.6 Å². The van der Waals surface area contributed by atoms with Crippen LogP contribution in [-0.2, 0) is 10.0 Å². The van der Waals surface area contributed by atoms with E-state index < -0.39 is 28.8 Å². The van der Waals surface area contributed by atoms with E-state index >= 15 is 0 Å². The van der Waals surface area contributed by atoms with E-state index in [0.29, 0.717) is 10.6 Å². The minimum absolute atomic E-state index is 0.189. The Morgan fingerprint density at radius 1 is 1.42 bits per heavy atom. The highest BCUT2D eigenvalue weighted by Crippen LogP contribution is 2.21. The summed E-state index contributed by atoms with van der Waals surface area (Å²) in [6, 6.07) is 3.86. The van der Waals surface area contributed by atoms with Crippen LogP contribution in [0.3, 0.4) is 0 Å². The van der Waals surface area contributed by atoms with Crippen LogP contribution in [0.25, 0.3) is 0 Å². The van der Waals surface area contributed by atoms with Crippen molar-refractivity contribution in [2.24, 2.45) is 0 Å². The number of aliphatic hydroxyl groups is 1. The fraction of sp³-hybridized carbons (Fsp3) is 0.400. The number of hydrogen-bond acceptors (Lipinski definition) is 3. The molecule has 0 saturated heterocycles. The van der Waals surface area contributed by atoms with Gasteiger partial charge in [0.2, 0.25) is 10.0 Å². The molecule has 0 amide bonds. The second-order valence-electron chi connectivity index (χ2n) is 3.82. The first kappa shape index (κ1) is 16.2. The molecule has 1 unspecified atom stereocenters. The lowest BCUT2D eigenvalue weighted by atomic mass is 10.2. The summed E-state index contributed by atoms with van der Waals surface area (Å²) in [5, 5.41) is 9.05. The first-order valence-corrected chi connectivity index (χ1v) is 6.91. The van der Waals surface area contributed by atoms with E-state index in [1.54, 1.807) is 4.72 Å². The van der Waals surface area contributed by atoms with E-state index in [1.807, 2.05) is 0 Å². The minimum Gasteiger partial charge on any atom is -0.382 e. The van der Waals surface area contributed by atoms with Gasteiger partial charge < -0.3 is 5.11 Å². The van der Waals surface area contributed by atoms with Crippen LogP contribution in [0, 0.1) is 6.92 Å². The fourth-order valence-corrected chi connectivity index (χ4v) is 2.79. The van der Waals surface area contributed by atoms with Gasteiger partial charge in [0.1, 0.15) is 0 Å². The maximum atomic E-state index is 12.1. The van der Waals surface area contributed by atoms with E-state index in [1.165, 1.54) is 25.1 Å². The lowest BCUT2D eigenvalue weighted by Crippen LogP contribution is -2.40. The molecular weight excluding hydrogens is 307 g/mol. The molecule has 1 aromatic carbocycles. The molecule has 1 rings (SSSR count). The number of aryl methyl sites for hydroxylation is 1. The smallest absolute Gasteiger partial charge is 0.382 e. The van der Waals surface area contributed by atoms with Gasteiger partial charge >= 0.3 is 6.18 Å². The highest BCUT2D eigenvalue weighted by molar-refractivity contribution is 7.89. The molecule has 9 heteroatoms. The Kier molecular flexibility index (Phi) is 4.83. The van der Waals surface area contributed by atoms with Gasteiger partial charge in [-0.1, -0.05) is 11.6 Å². The van der Waals surface area contributed by atoms with Crippen molar-refractivity contribution >= 4 is 21.6 Å². The molecule has 4 nitrogen and oxygen atoms in total. The van der Waals surface area contributed by atoms with Gasteiger partial charge in [-0.15, -0.1) is 0 Å². The zero-order valence-corrected chi connectivity index (χ0v) is 11.3. The summed E-state index contributed by atoms with van der Waals surface area (Å²) in [5.41, 5.74) is 0.293. The van der Waals surface area contributed by atoms with Crippen LogP contribution in [0.4, 0.5) is 13.2 Å². The van der Waals surface area contributed by atoms with Gasteiger partial charge in [-0.25, -0.2) is 13.1 Å². The molecule has 0 heterocycles. The zero-order valence-electron chi connectivity index (χ0n) is 9.70. The van der Waals surface area contributed by atoms with Gasteiger partial charge in [-0.3, -0.25) is 0 Å². The van der Waals surface area contributed by atoms with Crippen molar-refractivity contribution in [3.63, 3.8) is 0 Å². The summed E-state index contributed by atoms with van der Waals surface area (Å²) >= 11 is 5.65. The predicted octanol–water partition coefficient (Wildman–Crippen LogP) is 1.85. The predicted molar refractivity (Wildman–Crippen MR) is 63.4 cm³/mol. The van der Waals surface area contributed by atoms with Gasteiger partial charge in [0.15, 0.2) is 6.10 Å². The van der Waals surface area contributed by atoms with Crippen LogP contribution in [0.2, 0.25) is 5.02 Å². The minimum atomic E-state index is -4.88. The molecule has 0 radical (unpaired) electrons. The largest absolute Gasteiger partial charge is 0.415 e. The molecule has 2 N–H and O–H groups in total. The Morgan fingerprint density at radius 2 is 2.00 bits per heavy atom. The third-order valence-corrected chi connectivity index (χ3v) is 4.09. The molecule has 0 bridgehead atoms. The number of halogens is 4. The van der Waals surface area contributed by atoms with Gasteiger partial charge in [-0.05, 0) is 30.7 Å². The van der Waals surface area contributed by atoms with Crippen LogP contribution in [0.15, 0.2) is 23.1 Å². The number of rotatable bonds is 4. The highest BCUT2D eigenvalue weighted by atomic mass is 35.5. The van der Waals surface area contributed by atoms with Gasteiger partial charge in [-0.2, -0.15) is 13.2 Å². The molecule has 1 aromatic rings. The van der Waals surface area contributed by atoms with Crippen LogP contribution >= 0.6 is 11.6 Å². The molecule has 0 spiro atoms. The molecule has 1 atom stereocenters. The molecule has 0 aliphatic heterocycles. The van der Waals surface area contributed by atoms with E-state index in [-0.39, 0.29) is 4.90 Å². The molecule has 0 aromatic heterocycles. The van der Waals surface area contributed by atoms with Crippen LogP contribution in [-0.4, -0.2) is 32.3 Å². The number of benzene rings is 1. The van der Waals surface area contributed by atoms with Gasteiger partial charge in [0, 0.05) is 11.6 Å². The Labute approximate surface area is 113 Å². The van der Waals surface area contributed by atoms with E-state index in [4.69, 9.17) is 16.7 Å². The second-order valence-corrected chi connectivity index (χ2v) is 5.99. The summed E-state index contributed by atoms with van der Waals surface area (Å²) in [4.78, 5) is -0.189. The molecule has 19 heavy (non-hydrogen) atoms. The van der Waals surface area contributed by atoms with Crippen LogP contribution < -0.4 is 4.72 Å². The first-order chi connectivity index (χ1) is 8.54. The molecule has 108 valence electrons. The Hall–Kier alpha value is -0.830. The molecule has 0 aliphatic carbocycles. The van der Waals surface area contributed by atoms with Crippen molar-refractivity contribution in [1.29, 1.82) is 0 Å². The number of hydrogen-bond donors (Lipinski definition) is 2. The standard InChI is InChI=1S/C10H11ClF3NO3S/c1-6-4-7(11)2-3-8(6)19(17,18)15-5-9(16)10(12,13)14/h2-4,9,15-16H,5H2,1H3. The van der Waals surface area contributed by atoms with Crippen molar-refractivity contribution in [3.05, 3.63) is 28.8 Å². The summed E-state index contributed by atoms with van der Waals surface area (Å²) < 4.78 is 61.4. The van der Waals surface area contributed by atoms with E-state index in [2.05, 4.69) is 0 Å². The number of nitrogens with one attached hydrogen (secondary N) is 1. The first-order valence-electron chi connectivity index (χ1n) is 5.04. The second kappa shape index (κ2) is 5.66. The van der Waals surface area contributed by atoms with Crippen molar-refractivity contribution in [2.75, 3.05) is 6.54 Å². The monoisotopic (exact) mass is 317 g/mol. The third-order valence-electron chi connectivity index (χ3n) is 2.27. The van der Waals surface area contributed by atoms with Gasteiger partial charge in [0.25, 0.3) is 0 Å². The quantitative estimate of drug-likeness (QED) is 0.890. The number of alkyl halides is 3. The maximum absolute atomic E-state index is 12.1. The third kappa shape index (κ3) is 4.34. The average molecular weight is 318 g/mol. The van der Waals surface area contributed by atoms with Crippen LogP contribution in [0.5, 0.6) is 0 Å². The SMILES string of the molecule is Cc1cc(Cl)ccc1S(=O)(=O)NCC(O)C(F)(F)F. The molecule has 0 aliphatic rings. The average Bonchev–Trinajstić information content (AvgIpc) is 2.24. The van der Waals surface area contributed by atoms with Gasteiger partial charge in [0.05, 0.1) is 4.90 Å². The topological polar surface area (TPSA) is 66.4 Å².